The van der Waals surface area contributed by atoms with Gasteiger partial charge in [-0.15, -0.1) is 0 Å². The van der Waals surface area contributed by atoms with Gasteiger partial charge in [-0.05, 0) is 31.9 Å². The number of nitrogen functional groups attached to an aromatic ring is 1. The molecule has 0 saturated heterocycles. The summed E-state index contributed by atoms with van der Waals surface area (Å²) in [7, 11) is 0. The lowest BCUT2D eigenvalue weighted by Gasteiger charge is -2.07. The molecule has 0 spiro atoms. The van der Waals surface area contributed by atoms with Gasteiger partial charge in [0.15, 0.2) is 0 Å². The Kier molecular flexibility index (Phi) is 3.38. The minimum Gasteiger partial charge on any atom is -0.399 e. The molecule has 0 amide bonds. The normalized spacial score (nSPS) is 10.8. The highest BCUT2D eigenvalue weighted by molar-refractivity contribution is 6.31. The molecule has 0 atom stereocenters. The van der Waals surface area contributed by atoms with Gasteiger partial charge >= 0.3 is 0 Å². The Morgan fingerprint density at radius 2 is 2.00 bits per heavy atom. The second-order valence-electron chi connectivity index (χ2n) is 4.16. The van der Waals surface area contributed by atoms with Gasteiger partial charge in [-0.3, -0.25) is 4.68 Å². The molecule has 0 unspecified atom stereocenters. The Morgan fingerprint density at radius 3 is 2.59 bits per heavy atom. The molecule has 0 fully saturated rings. The van der Waals surface area contributed by atoms with Crippen LogP contribution in [-0.4, -0.2) is 9.78 Å². The van der Waals surface area contributed by atoms with Crippen molar-refractivity contribution in [3.05, 3.63) is 46.2 Å². The zero-order valence-corrected chi connectivity index (χ0v) is 10.8. The van der Waals surface area contributed by atoms with Crippen LogP contribution >= 0.6 is 11.6 Å². The van der Waals surface area contributed by atoms with E-state index in [1.54, 1.807) is 0 Å². The van der Waals surface area contributed by atoms with Crippen molar-refractivity contribution in [1.82, 2.24) is 9.78 Å². The van der Waals surface area contributed by atoms with E-state index in [1.807, 2.05) is 42.8 Å². The predicted molar refractivity (Wildman–Crippen MR) is 71.3 cm³/mol. The van der Waals surface area contributed by atoms with Gasteiger partial charge in [0.25, 0.3) is 0 Å². The summed E-state index contributed by atoms with van der Waals surface area (Å²) in [6.07, 6.45) is 0.866. The van der Waals surface area contributed by atoms with E-state index >= 15 is 0 Å². The number of halogens is 1. The molecule has 0 aliphatic heterocycles. The average Bonchev–Trinajstić information content (AvgIpc) is 2.56. The molecular weight excluding hydrogens is 234 g/mol. The van der Waals surface area contributed by atoms with E-state index in [2.05, 4.69) is 5.10 Å². The van der Waals surface area contributed by atoms with Crippen LogP contribution < -0.4 is 5.73 Å². The van der Waals surface area contributed by atoms with Crippen molar-refractivity contribution in [2.24, 2.45) is 0 Å². The maximum Gasteiger partial charge on any atom is 0.0844 e. The van der Waals surface area contributed by atoms with Crippen LogP contribution in [-0.2, 0) is 13.0 Å². The van der Waals surface area contributed by atoms with Crippen LogP contribution in [0.15, 0.2) is 24.3 Å². The van der Waals surface area contributed by atoms with E-state index < -0.39 is 0 Å². The molecule has 1 aromatic carbocycles. The molecule has 0 aliphatic carbocycles. The van der Waals surface area contributed by atoms with Crippen LogP contribution in [0, 0.1) is 13.8 Å². The number of hydrogen-bond acceptors (Lipinski definition) is 2. The number of aromatic nitrogens is 2. The molecule has 1 aromatic heterocycles. The second kappa shape index (κ2) is 4.80. The van der Waals surface area contributed by atoms with Gasteiger partial charge in [-0.1, -0.05) is 29.8 Å². The van der Waals surface area contributed by atoms with Gasteiger partial charge < -0.3 is 5.73 Å². The second-order valence-corrected chi connectivity index (χ2v) is 4.53. The lowest BCUT2D eigenvalue weighted by Crippen LogP contribution is -2.06. The number of nitrogens with zero attached hydrogens (tertiary/aromatic N) is 2. The van der Waals surface area contributed by atoms with Crippen LogP contribution in [0.2, 0.25) is 5.02 Å². The summed E-state index contributed by atoms with van der Waals surface area (Å²) in [5, 5.41) is 5.15. The third-order valence-corrected chi connectivity index (χ3v) is 3.49. The van der Waals surface area contributed by atoms with Gasteiger partial charge in [0.2, 0.25) is 0 Å². The van der Waals surface area contributed by atoms with Crippen LogP contribution in [0.25, 0.3) is 0 Å². The van der Waals surface area contributed by atoms with Crippen molar-refractivity contribution < 1.29 is 0 Å². The van der Waals surface area contributed by atoms with Crippen molar-refractivity contribution in [3.63, 3.8) is 0 Å². The summed E-state index contributed by atoms with van der Waals surface area (Å²) in [4.78, 5) is 0. The topological polar surface area (TPSA) is 43.8 Å². The molecule has 2 aromatic rings. The quantitative estimate of drug-likeness (QED) is 0.850. The molecular formula is C13H16ClN3. The molecule has 0 aliphatic rings. The van der Waals surface area contributed by atoms with Crippen LogP contribution in [0.1, 0.15) is 17.0 Å². The van der Waals surface area contributed by atoms with E-state index in [0.717, 1.165) is 40.6 Å². The molecule has 90 valence electrons. The van der Waals surface area contributed by atoms with Crippen molar-refractivity contribution in [1.29, 1.82) is 0 Å². The van der Waals surface area contributed by atoms with Gasteiger partial charge in [0, 0.05) is 12.2 Å². The van der Waals surface area contributed by atoms with E-state index in [9.17, 15) is 0 Å². The molecule has 1 heterocycles. The molecule has 2 N–H and O–H groups in total. The van der Waals surface area contributed by atoms with Gasteiger partial charge in [0.1, 0.15) is 0 Å². The predicted octanol–water partition coefficient (Wildman–Crippen LogP) is 2.98. The number of anilines is 1. The fourth-order valence-corrected chi connectivity index (χ4v) is 2.02. The third kappa shape index (κ3) is 2.44. The maximum absolute atomic E-state index is 6.10. The monoisotopic (exact) mass is 249 g/mol. The van der Waals surface area contributed by atoms with E-state index in [4.69, 9.17) is 17.3 Å². The average molecular weight is 250 g/mol. The smallest absolute Gasteiger partial charge is 0.0844 e. The highest BCUT2D eigenvalue weighted by Gasteiger charge is 2.09. The Hall–Kier alpha value is -1.48. The Balaban J connectivity index is 2.13. The number of hydrogen-bond donors (Lipinski definition) is 1. The Morgan fingerprint density at radius 1 is 1.29 bits per heavy atom. The van der Waals surface area contributed by atoms with E-state index in [-0.39, 0.29) is 0 Å². The molecule has 0 radical (unpaired) electrons. The fraction of sp³-hybridized carbons (Fsp3) is 0.308. The zero-order valence-electron chi connectivity index (χ0n) is 10.1. The highest BCUT2D eigenvalue weighted by atomic mass is 35.5. The standard InChI is InChI=1S/C13H16ClN3/c1-9-13(14)10(2)17(16-9)8-7-11-5-3-4-6-12(11)15/h3-6H,7-8,15H2,1-2H3. The van der Waals surface area contributed by atoms with E-state index in [1.165, 1.54) is 0 Å². The van der Waals surface area contributed by atoms with Crippen molar-refractivity contribution in [2.45, 2.75) is 26.8 Å². The van der Waals surface area contributed by atoms with Gasteiger partial charge in [-0.25, -0.2) is 0 Å². The fourth-order valence-electron chi connectivity index (χ4n) is 1.88. The first-order valence-electron chi connectivity index (χ1n) is 5.62. The number of aryl methyl sites for hydroxylation is 3. The van der Waals surface area contributed by atoms with Crippen LogP contribution in [0.3, 0.4) is 0 Å². The summed E-state index contributed by atoms with van der Waals surface area (Å²) >= 11 is 6.10. The lowest BCUT2D eigenvalue weighted by molar-refractivity contribution is 0.595. The van der Waals surface area contributed by atoms with Crippen molar-refractivity contribution in [3.8, 4) is 0 Å². The number of benzene rings is 1. The lowest BCUT2D eigenvalue weighted by atomic mass is 10.1. The first kappa shape index (κ1) is 12.0. The van der Waals surface area contributed by atoms with Gasteiger partial charge in [0.05, 0.1) is 16.4 Å². The first-order chi connectivity index (χ1) is 8.09. The summed E-state index contributed by atoms with van der Waals surface area (Å²) in [5.41, 5.74) is 9.78. The zero-order chi connectivity index (χ0) is 12.4. The van der Waals surface area contributed by atoms with E-state index in [0.29, 0.717) is 0 Å². The van der Waals surface area contributed by atoms with Gasteiger partial charge in [-0.2, -0.15) is 5.10 Å². The Labute approximate surface area is 106 Å². The molecule has 4 heteroatoms. The highest BCUT2D eigenvalue weighted by Crippen LogP contribution is 2.20. The largest absolute Gasteiger partial charge is 0.399 e. The third-order valence-electron chi connectivity index (χ3n) is 2.94. The Bertz CT molecular complexity index is 531. The molecule has 0 saturated carbocycles. The summed E-state index contributed by atoms with van der Waals surface area (Å²) in [5.74, 6) is 0. The van der Waals surface area contributed by atoms with Crippen molar-refractivity contribution >= 4 is 17.3 Å². The molecule has 3 nitrogen and oxygen atoms in total. The minimum absolute atomic E-state index is 0.756. The molecule has 0 bridgehead atoms. The molecule has 17 heavy (non-hydrogen) atoms. The SMILES string of the molecule is Cc1nn(CCc2ccccc2N)c(C)c1Cl. The number of para-hydroxylation sites is 1. The van der Waals surface area contributed by atoms with Crippen molar-refractivity contribution in [2.75, 3.05) is 5.73 Å². The summed E-state index contributed by atoms with van der Waals surface area (Å²) < 4.78 is 1.93. The maximum atomic E-state index is 6.10. The summed E-state index contributed by atoms with van der Waals surface area (Å²) in [6, 6.07) is 7.91. The number of nitrogens with two attached hydrogens (primary N) is 1. The minimum atomic E-state index is 0.756. The first-order valence-corrected chi connectivity index (χ1v) is 6.00. The van der Waals surface area contributed by atoms with Crippen LogP contribution in [0.5, 0.6) is 0 Å². The number of rotatable bonds is 3. The van der Waals surface area contributed by atoms with Crippen LogP contribution in [0.4, 0.5) is 5.69 Å². The molecule has 2 rings (SSSR count). The summed E-state index contributed by atoms with van der Waals surface area (Å²) in [6.45, 7) is 4.70.